The van der Waals surface area contributed by atoms with Crippen LogP contribution in [0.5, 0.6) is 0 Å². The summed E-state index contributed by atoms with van der Waals surface area (Å²) in [5.41, 5.74) is 0.604. The van der Waals surface area contributed by atoms with Gasteiger partial charge in [0, 0.05) is 25.8 Å². The highest BCUT2D eigenvalue weighted by Gasteiger charge is 2.22. The van der Waals surface area contributed by atoms with Gasteiger partial charge in [-0.05, 0) is 18.2 Å². The van der Waals surface area contributed by atoms with E-state index in [4.69, 9.17) is 4.74 Å². The van der Waals surface area contributed by atoms with Crippen LogP contribution >= 0.6 is 0 Å². The van der Waals surface area contributed by atoms with Gasteiger partial charge < -0.3 is 15.4 Å². The Hall–Kier alpha value is -2.82. The van der Waals surface area contributed by atoms with Crippen molar-refractivity contribution in [3.63, 3.8) is 0 Å². The Balaban J connectivity index is 2.13. The Bertz CT molecular complexity index is 997. The van der Waals surface area contributed by atoms with E-state index in [-0.39, 0.29) is 23.4 Å². The molecule has 2 aromatic carbocycles. The zero-order valence-corrected chi connectivity index (χ0v) is 17.5. The molecule has 8 nitrogen and oxygen atoms in total. The number of nitrogens with zero attached hydrogens (tertiary/aromatic N) is 1. The minimum absolute atomic E-state index is 0.147. The van der Waals surface area contributed by atoms with Gasteiger partial charge in [-0.15, -0.1) is 0 Å². The molecule has 0 unspecified atom stereocenters. The quantitative estimate of drug-likeness (QED) is 0.550. The third kappa shape index (κ3) is 6.90. The highest BCUT2D eigenvalue weighted by Crippen LogP contribution is 2.16. The van der Waals surface area contributed by atoms with Crippen molar-refractivity contribution in [3.05, 3.63) is 65.5 Å². The number of sulfonamides is 1. The Labute approximate surface area is 175 Å². The number of methoxy groups -OCH3 is 1. The fraction of sp³-hybridized carbons (Fsp3) is 0.300. The molecule has 0 saturated carbocycles. The van der Waals surface area contributed by atoms with Crippen LogP contribution < -0.4 is 10.6 Å². The molecule has 0 atom stereocenters. The minimum atomic E-state index is -3.80. The van der Waals surface area contributed by atoms with E-state index in [9.17, 15) is 22.4 Å². The van der Waals surface area contributed by atoms with Gasteiger partial charge in [0.25, 0.3) is 5.91 Å². The van der Waals surface area contributed by atoms with Gasteiger partial charge in [-0.2, -0.15) is 4.31 Å². The normalized spacial score (nSPS) is 11.3. The van der Waals surface area contributed by atoms with Gasteiger partial charge in [0.2, 0.25) is 15.9 Å². The number of anilines is 1. The number of amides is 2. The minimum Gasteiger partial charge on any atom is -0.383 e. The van der Waals surface area contributed by atoms with E-state index in [1.807, 2.05) is 0 Å². The monoisotopic (exact) mass is 437 g/mol. The summed E-state index contributed by atoms with van der Waals surface area (Å²) in [5.74, 6) is -1.63. The number of carbonyl (C=O) groups is 2. The molecule has 0 radical (unpaired) electrons. The number of carbonyl (C=O) groups excluding carboxylic acids is 2. The van der Waals surface area contributed by atoms with Crippen LogP contribution in [0.25, 0.3) is 0 Å². The topological polar surface area (TPSA) is 105 Å². The maximum absolute atomic E-state index is 13.9. The van der Waals surface area contributed by atoms with Crippen LogP contribution in [0.3, 0.4) is 0 Å². The second-order valence-corrected chi connectivity index (χ2v) is 8.45. The van der Waals surface area contributed by atoms with Crippen molar-refractivity contribution in [2.24, 2.45) is 0 Å². The van der Waals surface area contributed by atoms with Crippen molar-refractivity contribution in [2.45, 2.75) is 6.54 Å². The molecule has 0 spiro atoms. The Morgan fingerprint density at radius 1 is 1.10 bits per heavy atom. The highest BCUT2D eigenvalue weighted by molar-refractivity contribution is 7.88. The van der Waals surface area contributed by atoms with Gasteiger partial charge in [-0.3, -0.25) is 9.59 Å². The summed E-state index contributed by atoms with van der Waals surface area (Å²) >= 11 is 0. The number of para-hydroxylation sites is 1. The molecular weight excluding hydrogens is 413 g/mol. The zero-order chi connectivity index (χ0) is 22.1. The van der Waals surface area contributed by atoms with Crippen LogP contribution in [0.15, 0.2) is 48.5 Å². The second kappa shape index (κ2) is 10.8. The van der Waals surface area contributed by atoms with E-state index in [1.54, 1.807) is 18.2 Å². The molecule has 0 fully saturated rings. The van der Waals surface area contributed by atoms with Gasteiger partial charge in [0.05, 0.1) is 30.7 Å². The largest absolute Gasteiger partial charge is 0.383 e. The summed E-state index contributed by atoms with van der Waals surface area (Å²) in [5, 5.41) is 5.21. The molecule has 0 aromatic heterocycles. The van der Waals surface area contributed by atoms with Crippen molar-refractivity contribution in [1.29, 1.82) is 0 Å². The first-order valence-corrected chi connectivity index (χ1v) is 10.9. The molecule has 2 rings (SSSR count). The number of benzene rings is 2. The molecule has 0 aliphatic heterocycles. The molecule has 2 amide bonds. The molecule has 30 heavy (non-hydrogen) atoms. The lowest BCUT2D eigenvalue weighted by Gasteiger charge is -2.20. The molecule has 0 aliphatic rings. The van der Waals surface area contributed by atoms with Crippen LogP contribution in [0.2, 0.25) is 0 Å². The fourth-order valence-electron chi connectivity index (χ4n) is 2.61. The van der Waals surface area contributed by atoms with Crippen molar-refractivity contribution in [2.75, 3.05) is 38.4 Å². The maximum atomic E-state index is 13.9. The smallest absolute Gasteiger partial charge is 0.253 e. The molecule has 162 valence electrons. The summed E-state index contributed by atoms with van der Waals surface area (Å²) in [6.45, 7) is -0.202. The van der Waals surface area contributed by atoms with Crippen molar-refractivity contribution >= 4 is 27.5 Å². The first-order valence-electron chi connectivity index (χ1n) is 9.07. The lowest BCUT2D eigenvalue weighted by atomic mass is 10.1. The van der Waals surface area contributed by atoms with E-state index in [0.29, 0.717) is 13.2 Å². The second-order valence-electron chi connectivity index (χ2n) is 6.46. The molecule has 2 aromatic rings. The number of hydrogen-bond donors (Lipinski definition) is 2. The standard InChI is InChI=1S/C20H24FN3O5S/c1-29-12-11-22-20(26)16-8-4-6-10-18(16)23-19(25)14-24(30(2,27)28)13-15-7-3-5-9-17(15)21/h3-10H,11-14H2,1-2H3,(H,22,26)(H,23,25). The number of nitrogens with one attached hydrogen (secondary N) is 2. The number of hydrogen-bond acceptors (Lipinski definition) is 5. The van der Waals surface area contributed by atoms with Crippen molar-refractivity contribution in [3.8, 4) is 0 Å². The molecular formula is C20H24FN3O5S. The van der Waals surface area contributed by atoms with E-state index < -0.39 is 34.2 Å². The molecule has 0 heterocycles. The highest BCUT2D eigenvalue weighted by atomic mass is 32.2. The van der Waals surface area contributed by atoms with Gasteiger partial charge in [0.1, 0.15) is 5.82 Å². The first-order chi connectivity index (χ1) is 14.2. The summed E-state index contributed by atoms with van der Waals surface area (Å²) in [4.78, 5) is 24.8. The Morgan fingerprint density at radius 2 is 1.77 bits per heavy atom. The molecule has 0 aliphatic carbocycles. The zero-order valence-electron chi connectivity index (χ0n) is 16.7. The van der Waals surface area contributed by atoms with E-state index in [1.165, 1.54) is 37.4 Å². The average Bonchev–Trinajstić information content (AvgIpc) is 2.69. The lowest BCUT2D eigenvalue weighted by Crippen LogP contribution is -2.37. The van der Waals surface area contributed by atoms with Crippen LogP contribution in [0.1, 0.15) is 15.9 Å². The summed E-state index contributed by atoms with van der Waals surface area (Å²) in [6, 6.07) is 12.1. The van der Waals surface area contributed by atoms with Crippen molar-refractivity contribution < 1.29 is 27.1 Å². The molecule has 0 saturated heterocycles. The van der Waals surface area contributed by atoms with Crippen LogP contribution in [0, 0.1) is 5.82 Å². The number of rotatable bonds is 10. The lowest BCUT2D eigenvalue weighted by molar-refractivity contribution is -0.116. The SMILES string of the molecule is COCCNC(=O)c1ccccc1NC(=O)CN(Cc1ccccc1F)S(C)(=O)=O. The summed E-state index contributed by atoms with van der Waals surface area (Å²) < 4.78 is 43.9. The van der Waals surface area contributed by atoms with Gasteiger partial charge in [0.15, 0.2) is 0 Å². The van der Waals surface area contributed by atoms with Crippen LogP contribution in [-0.2, 0) is 26.1 Å². The predicted molar refractivity (Wildman–Crippen MR) is 111 cm³/mol. The number of ether oxygens (including phenoxy) is 1. The summed E-state index contributed by atoms with van der Waals surface area (Å²) in [7, 11) is -2.29. The van der Waals surface area contributed by atoms with Crippen LogP contribution in [-0.4, -0.2) is 57.6 Å². The summed E-state index contributed by atoms with van der Waals surface area (Å²) in [6.07, 6.45) is 0.943. The molecule has 0 bridgehead atoms. The van der Waals surface area contributed by atoms with Gasteiger partial charge >= 0.3 is 0 Å². The Kier molecular flexibility index (Phi) is 8.46. The average molecular weight is 437 g/mol. The van der Waals surface area contributed by atoms with Crippen molar-refractivity contribution in [1.82, 2.24) is 9.62 Å². The first kappa shape index (κ1) is 23.5. The fourth-order valence-corrected chi connectivity index (χ4v) is 3.33. The molecule has 2 N–H and O–H groups in total. The van der Waals surface area contributed by atoms with E-state index in [2.05, 4.69) is 10.6 Å². The maximum Gasteiger partial charge on any atom is 0.253 e. The Morgan fingerprint density at radius 3 is 2.43 bits per heavy atom. The third-order valence-electron chi connectivity index (χ3n) is 4.13. The van der Waals surface area contributed by atoms with Gasteiger partial charge in [-0.25, -0.2) is 12.8 Å². The number of halogens is 1. The van der Waals surface area contributed by atoms with Gasteiger partial charge in [-0.1, -0.05) is 30.3 Å². The van der Waals surface area contributed by atoms with E-state index in [0.717, 1.165) is 10.6 Å². The van der Waals surface area contributed by atoms with Crippen LogP contribution in [0.4, 0.5) is 10.1 Å². The van der Waals surface area contributed by atoms with E-state index >= 15 is 0 Å². The third-order valence-corrected chi connectivity index (χ3v) is 5.33. The predicted octanol–water partition coefficient (Wildman–Crippen LogP) is 1.60. The molecule has 10 heteroatoms.